The van der Waals surface area contributed by atoms with Gasteiger partial charge >= 0.3 is 0 Å². The Morgan fingerprint density at radius 1 is 1.07 bits per heavy atom. The number of hydrogen-bond donors (Lipinski definition) is 0. The molecule has 0 spiro atoms. The van der Waals surface area contributed by atoms with Gasteiger partial charge in [-0.05, 0) is 37.1 Å². The lowest BCUT2D eigenvalue weighted by atomic mass is 10.1. The van der Waals surface area contributed by atoms with Crippen LogP contribution in [0.5, 0.6) is 0 Å². The summed E-state index contributed by atoms with van der Waals surface area (Å²) in [6.45, 7) is 11.0. The zero-order chi connectivity index (χ0) is 11.6. The summed E-state index contributed by atoms with van der Waals surface area (Å²) < 4.78 is 1.20. The van der Waals surface area contributed by atoms with Crippen LogP contribution < -0.4 is 0 Å². The van der Waals surface area contributed by atoms with E-state index in [1.807, 2.05) is 0 Å². The van der Waals surface area contributed by atoms with Crippen molar-refractivity contribution < 1.29 is 0 Å². The van der Waals surface area contributed by atoms with Crippen LogP contribution in [0.1, 0.15) is 16.7 Å². The van der Waals surface area contributed by atoms with Gasteiger partial charge in [0.05, 0.1) is 0 Å². The topological polar surface area (TPSA) is 0 Å². The first kappa shape index (κ1) is 12.5. The molecule has 0 nitrogen and oxygen atoms in total. The Bertz CT molecular complexity index is 407. The zero-order valence-electron chi connectivity index (χ0n) is 10.0. The number of hydrogen-bond acceptors (Lipinski definition) is 0. The van der Waals surface area contributed by atoms with E-state index in [1.165, 1.54) is 15.6 Å². The van der Waals surface area contributed by atoms with Crippen LogP contribution in [0.15, 0.2) is 16.6 Å². The Morgan fingerprint density at radius 2 is 1.53 bits per heavy atom. The molecule has 0 radical (unpaired) electrons. The average Bonchev–Trinajstić information content (AvgIpc) is 2.09. The van der Waals surface area contributed by atoms with Gasteiger partial charge in [-0.2, -0.15) is 0 Å². The molecule has 80 valence electrons. The van der Waals surface area contributed by atoms with Crippen LogP contribution in [0.2, 0.25) is 19.6 Å². The molecule has 2 heteroatoms. The molecule has 0 saturated carbocycles. The summed E-state index contributed by atoms with van der Waals surface area (Å²) >= 11 is 3.56. The molecule has 1 aromatic carbocycles. The maximum absolute atomic E-state index is 3.56. The maximum Gasteiger partial charge on any atom is 0.129 e. The van der Waals surface area contributed by atoms with Gasteiger partial charge in [0.25, 0.3) is 0 Å². The Balaban J connectivity index is 3.12. The van der Waals surface area contributed by atoms with Crippen LogP contribution in [0.3, 0.4) is 0 Å². The van der Waals surface area contributed by atoms with E-state index in [-0.39, 0.29) is 0 Å². The van der Waals surface area contributed by atoms with Gasteiger partial charge in [0.15, 0.2) is 0 Å². The van der Waals surface area contributed by atoms with Crippen LogP contribution in [-0.4, -0.2) is 8.07 Å². The predicted octanol–water partition coefficient (Wildman–Crippen LogP) is 4.29. The number of rotatable bonds is 0. The third-order valence-electron chi connectivity index (χ3n) is 2.02. The molecule has 0 saturated heterocycles. The summed E-state index contributed by atoms with van der Waals surface area (Å²) in [6, 6.07) is 4.29. The van der Waals surface area contributed by atoms with Gasteiger partial charge < -0.3 is 0 Å². The van der Waals surface area contributed by atoms with E-state index >= 15 is 0 Å². The van der Waals surface area contributed by atoms with Crippen molar-refractivity contribution in [2.45, 2.75) is 33.5 Å². The first-order valence-electron chi connectivity index (χ1n) is 5.09. The second kappa shape index (κ2) is 4.55. The fourth-order valence-corrected chi connectivity index (χ4v) is 2.03. The second-order valence-electron chi connectivity index (χ2n) is 4.92. The summed E-state index contributed by atoms with van der Waals surface area (Å²) in [7, 11) is -1.26. The van der Waals surface area contributed by atoms with Crippen molar-refractivity contribution in [2.24, 2.45) is 0 Å². The molecule has 0 bridgehead atoms. The van der Waals surface area contributed by atoms with Crippen molar-refractivity contribution in [2.75, 3.05) is 0 Å². The minimum Gasteiger partial charge on any atom is -0.127 e. The summed E-state index contributed by atoms with van der Waals surface area (Å²) in [6.07, 6.45) is 0. The monoisotopic (exact) mass is 280 g/mol. The van der Waals surface area contributed by atoms with E-state index in [0.717, 1.165) is 5.56 Å². The lowest BCUT2D eigenvalue weighted by Gasteiger charge is -2.05. The Hall–Kier alpha value is -0.523. The van der Waals surface area contributed by atoms with Crippen LogP contribution in [0, 0.1) is 25.3 Å². The normalized spacial score (nSPS) is 10.8. The molecule has 0 heterocycles. The number of halogens is 1. The molecule has 0 fully saturated rings. The first-order chi connectivity index (χ1) is 6.79. The van der Waals surface area contributed by atoms with Crippen molar-refractivity contribution in [3.8, 4) is 11.5 Å². The average molecular weight is 281 g/mol. The van der Waals surface area contributed by atoms with Crippen LogP contribution >= 0.6 is 15.9 Å². The highest BCUT2D eigenvalue weighted by molar-refractivity contribution is 9.10. The smallest absolute Gasteiger partial charge is 0.127 e. The molecule has 0 N–H and O–H groups in total. The Morgan fingerprint density at radius 3 is 1.93 bits per heavy atom. The largest absolute Gasteiger partial charge is 0.129 e. The highest BCUT2D eigenvalue weighted by atomic mass is 79.9. The molecule has 0 atom stereocenters. The van der Waals surface area contributed by atoms with Crippen molar-refractivity contribution in [3.63, 3.8) is 0 Å². The van der Waals surface area contributed by atoms with Crippen molar-refractivity contribution in [1.29, 1.82) is 0 Å². The van der Waals surface area contributed by atoms with Gasteiger partial charge in [-0.15, -0.1) is 5.54 Å². The first-order valence-corrected chi connectivity index (χ1v) is 9.39. The molecule has 0 aliphatic carbocycles. The van der Waals surface area contributed by atoms with E-state index in [2.05, 4.69) is 73.0 Å². The second-order valence-corrected chi connectivity index (χ2v) is 10.5. The van der Waals surface area contributed by atoms with E-state index in [1.54, 1.807) is 0 Å². The highest BCUT2D eigenvalue weighted by Gasteiger charge is 2.07. The quantitative estimate of drug-likeness (QED) is 0.491. The van der Waals surface area contributed by atoms with Gasteiger partial charge in [0, 0.05) is 10.0 Å². The molecule has 0 aliphatic rings. The third-order valence-corrected chi connectivity index (χ3v) is 4.14. The molecular formula is C13H17BrSi. The van der Waals surface area contributed by atoms with Crippen molar-refractivity contribution in [1.82, 2.24) is 0 Å². The minimum atomic E-state index is -1.26. The molecule has 0 aliphatic heterocycles. The summed E-state index contributed by atoms with van der Waals surface area (Å²) in [5, 5.41) is 0. The summed E-state index contributed by atoms with van der Waals surface area (Å²) in [5.41, 5.74) is 7.04. The lowest BCUT2D eigenvalue weighted by molar-refractivity contribution is 1.33. The van der Waals surface area contributed by atoms with E-state index in [0.29, 0.717) is 0 Å². The van der Waals surface area contributed by atoms with Crippen LogP contribution in [0.4, 0.5) is 0 Å². The van der Waals surface area contributed by atoms with E-state index < -0.39 is 8.07 Å². The minimum absolute atomic E-state index is 1.13. The summed E-state index contributed by atoms with van der Waals surface area (Å²) in [5.74, 6) is 3.28. The van der Waals surface area contributed by atoms with Gasteiger partial charge in [-0.1, -0.05) is 41.5 Å². The maximum atomic E-state index is 3.56. The van der Waals surface area contributed by atoms with Crippen LogP contribution in [0.25, 0.3) is 0 Å². The Labute approximate surface area is 102 Å². The molecule has 0 unspecified atom stereocenters. The third kappa shape index (κ3) is 3.85. The van der Waals surface area contributed by atoms with E-state index in [4.69, 9.17) is 0 Å². The van der Waals surface area contributed by atoms with Gasteiger partial charge in [0.1, 0.15) is 8.07 Å². The van der Waals surface area contributed by atoms with Gasteiger partial charge in [0.2, 0.25) is 0 Å². The molecule has 0 aromatic heterocycles. The summed E-state index contributed by atoms with van der Waals surface area (Å²) in [4.78, 5) is 0. The standard InChI is InChI=1S/C13H17BrSi/c1-10-8-12(6-7-15(3,4)5)9-11(2)13(10)14/h8-9H,1-5H3. The Kier molecular flexibility index (Phi) is 3.80. The van der Waals surface area contributed by atoms with Crippen LogP contribution in [-0.2, 0) is 0 Å². The molecule has 15 heavy (non-hydrogen) atoms. The number of benzene rings is 1. The molecule has 1 rings (SSSR count). The zero-order valence-corrected chi connectivity index (χ0v) is 12.6. The fourth-order valence-electron chi connectivity index (χ4n) is 1.28. The fraction of sp³-hybridized carbons (Fsp3) is 0.385. The van der Waals surface area contributed by atoms with Crippen molar-refractivity contribution in [3.05, 3.63) is 33.3 Å². The van der Waals surface area contributed by atoms with E-state index in [9.17, 15) is 0 Å². The predicted molar refractivity (Wildman–Crippen MR) is 73.8 cm³/mol. The van der Waals surface area contributed by atoms with Crippen molar-refractivity contribution >= 4 is 24.0 Å². The lowest BCUT2D eigenvalue weighted by Crippen LogP contribution is -2.16. The number of aryl methyl sites for hydroxylation is 2. The molecule has 0 amide bonds. The molecule has 1 aromatic rings. The van der Waals surface area contributed by atoms with Gasteiger partial charge in [-0.25, -0.2) is 0 Å². The molecular weight excluding hydrogens is 264 g/mol. The SMILES string of the molecule is Cc1cc(C#C[Si](C)(C)C)cc(C)c1Br. The van der Waals surface area contributed by atoms with Gasteiger partial charge in [-0.3, -0.25) is 0 Å². The highest BCUT2D eigenvalue weighted by Crippen LogP contribution is 2.22.